The first-order valence-corrected chi connectivity index (χ1v) is 11.0. The predicted octanol–water partition coefficient (Wildman–Crippen LogP) is 1.98. The van der Waals surface area contributed by atoms with Crippen LogP contribution in [-0.2, 0) is 17.1 Å². The van der Waals surface area contributed by atoms with E-state index in [2.05, 4.69) is 9.98 Å². The Bertz CT molecular complexity index is 1060. The molecule has 2 aromatic carbocycles. The first-order valence-electron chi connectivity index (χ1n) is 11.0. The quantitative estimate of drug-likeness (QED) is 0.175. The summed E-state index contributed by atoms with van der Waals surface area (Å²) in [6.45, 7) is 0. The van der Waals surface area contributed by atoms with Crippen molar-refractivity contribution in [1.82, 2.24) is 0 Å². The molecule has 0 amide bonds. The van der Waals surface area contributed by atoms with Crippen LogP contribution in [0.3, 0.4) is 0 Å². The van der Waals surface area contributed by atoms with Crippen molar-refractivity contribution in [2.45, 2.75) is 37.8 Å². The summed E-state index contributed by atoms with van der Waals surface area (Å²) < 4.78 is 10.2. The maximum Gasteiger partial charge on any atom is 3.00 e. The fraction of sp³-hybridized carbons (Fsp3) is 0.364. The van der Waals surface area contributed by atoms with Crippen molar-refractivity contribution in [3.05, 3.63) is 93.5 Å². The Balaban J connectivity index is -0.000000928. The van der Waals surface area contributed by atoms with Crippen LogP contribution in [0.2, 0.25) is 0 Å². The van der Waals surface area contributed by atoms with E-state index in [-0.39, 0.29) is 77.5 Å². The molecule has 20 heteroatoms. The van der Waals surface area contributed by atoms with E-state index in [1.54, 1.807) is 48.8 Å². The van der Waals surface area contributed by atoms with Crippen LogP contribution in [0.5, 0.6) is 23.0 Å². The minimum absolute atomic E-state index is 0. The number of para-hydroxylation sites is 2. The van der Waals surface area contributed by atoms with E-state index < -0.39 is 15.3 Å². The Hall–Kier alpha value is -3.67. The zero-order chi connectivity index (χ0) is 30.7. The van der Waals surface area contributed by atoms with Gasteiger partial charge in [-0.2, -0.15) is 0 Å². The third-order valence-electron chi connectivity index (χ3n) is 4.96. The molecule has 2 atom stereocenters. The van der Waals surface area contributed by atoms with E-state index in [9.17, 15) is 10.2 Å². The number of rotatable bonds is 6. The van der Waals surface area contributed by atoms with Crippen LogP contribution in [0.15, 0.2) is 46.4 Å². The maximum absolute atomic E-state index is 12.3. The van der Waals surface area contributed by atoms with Crippen LogP contribution < -0.4 is 19.7 Å². The standard InChI is InChI=1S/C22H26N2O4.Cu.Lu.3NO3/c1-27-19-11-5-7-15(21(19)25)13-23-17-9-3-4-10-18(17)24-14-16-8-6-12-20(28-2)22(16)26;;;3*2-1(3)4/h5-8,11-14,17-18,25-26H,3-4,9-10H2,1-2H3;;;;;/q;+2;+3;3*-1/p-2/t17-,18-;;;;;/m1...../s1. The summed E-state index contributed by atoms with van der Waals surface area (Å²) in [6.07, 6.45) is 7.19. The van der Waals surface area contributed by atoms with Crippen LogP contribution in [-0.4, -0.2) is 54.0 Å². The maximum atomic E-state index is 12.3. The van der Waals surface area contributed by atoms with Gasteiger partial charge in [-0.3, -0.25) is 9.98 Å². The molecule has 0 spiro atoms. The van der Waals surface area contributed by atoms with Crippen molar-refractivity contribution in [2.75, 3.05) is 14.2 Å². The van der Waals surface area contributed by atoms with E-state index in [4.69, 9.17) is 55.4 Å². The van der Waals surface area contributed by atoms with E-state index >= 15 is 0 Å². The molecule has 0 saturated heterocycles. The Kier molecular flexibility index (Phi) is 24.4. The number of aliphatic imine (C=N–C) groups is 2. The number of benzene rings is 2. The molecule has 42 heavy (non-hydrogen) atoms. The van der Waals surface area contributed by atoms with Gasteiger partial charge in [-0.15, -0.1) is 0 Å². The summed E-state index contributed by atoms with van der Waals surface area (Å²) in [5.41, 5.74) is 1.00. The predicted molar refractivity (Wildman–Crippen MR) is 137 cm³/mol. The normalized spacial score (nSPS) is 15.0. The third kappa shape index (κ3) is 18.6. The number of hydrogen-bond acceptors (Lipinski definition) is 15. The van der Waals surface area contributed by atoms with E-state index in [0.29, 0.717) is 22.6 Å². The molecule has 0 unspecified atom stereocenters. The second-order valence-corrected chi connectivity index (χ2v) is 7.40. The monoisotopic (exact) mass is 804 g/mol. The van der Waals surface area contributed by atoms with Gasteiger partial charge in [-0.1, -0.05) is 48.6 Å². The van der Waals surface area contributed by atoms with Gasteiger partial charge >= 0.3 is 53.9 Å². The fourth-order valence-corrected chi connectivity index (χ4v) is 3.38. The van der Waals surface area contributed by atoms with Crippen molar-refractivity contribution >= 4 is 12.4 Å². The minimum Gasteiger partial charge on any atom is -0.870 e. The molecule has 0 heterocycles. The molecule has 0 aromatic heterocycles. The van der Waals surface area contributed by atoms with Crippen LogP contribution in [0.25, 0.3) is 0 Å². The average Bonchev–Trinajstić information content (AvgIpc) is 2.87. The van der Waals surface area contributed by atoms with Gasteiger partial charge in [0, 0.05) is 12.4 Å². The van der Waals surface area contributed by atoms with Crippen molar-refractivity contribution in [1.29, 1.82) is 0 Å². The molecule has 241 valence electrons. The molecule has 1 saturated carbocycles. The zero-order valence-electron chi connectivity index (χ0n) is 21.7. The molecule has 1 aliphatic rings. The van der Waals surface area contributed by atoms with Crippen molar-refractivity contribution in [3.8, 4) is 23.0 Å². The molecule has 0 N–H and O–H groups in total. The number of nitrogens with zero attached hydrogens (tertiary/aromatic N) is 5. The van der Waals surface area contributed by atoms with Gasteiger partial charge in [0.15, 0.2) is 0 Å². The molecule has 1 aliphatic carbocycles. The molecule has 1 radical (unpaired) electrons. The second kappa shape index (κ2) is 24.0. The third-order valence-corrected chi connectivity index (χ3v) is 4.96. The van der Waals surface area contributed by atoms with Crippen LogP contribution >= 0.6 is 0 Å². The summed E-state index contributed by atoms with van der Waals surface area (Å²) in [6, 6.07) is 10.3. The minimum atomic E-state index is -1.75. The Labute approximate surface area is 278 Å². The molecular formula is C22H24CuLuN5O13. The largest absolute Gasteiger partial charge is 3.00 e. The molecule has 0 bridgehead atoms. The van der Waals surface area contributed by atoms with Crippen molar-refractivity contribution < 1.29 is 88.9 Å². The smallest absolute Gasteiger partial charge is 0.870 e. The van der Waals surface area contributed by atoms with E-state index in [1.807, 2.05) is 0 Å². The first-order chi connectivity index (χ1) is 18.8. The zero-order valence-corrected chi connectivity index (χ0v) is 24.3. The molecule has 0 aliphatic heterocycles. The van der Waals surface area contributed by atoms with E-state index in [1.165, 1.54) is 14.2 Å². The summed E-state index contributed by atoms with van der Waals surface area (Å²) >= 11 is 0. The second-order valence-electron chi connectivity index (χ2n) is 7.40. The van der Waals surface area contributed by atoms with Crippen LogP contribution in [0, 0.1) is 82.8 Å². The van der Waals surface area contributed by atoms with Gasteiger partial charge in [0.1, 0.15) is 11.5 Å². The topological polar surface area (TPSA) is 288 Å². The summed E-state index contributed by atoms with van der Waals surface area (Å²) in [5.74, 6) is 0.278. The summed E-state index contributed by atoms with van der Waals surface area (Å²) in [7, 11) is 2.96. The Morgan fingerprint density at radius 1 is 0.690 bits per heavy atom. The molecule has 3 rings (SSSR count). The number of ether oxygens (including phenoxy) is 2. The van der Waals surface area contributed by atoms with Crippen LogP contribution in [0.1, 0.15) is 36.8 Å². The summed E-state index contributed by atoms with van der Waals surface area (Å²) in [4.78, 5) is 34.0. The number of hydrogen-bond donors (Lipinski definition) is 0. The van der Waals surface area contributed by atoms with Gasteiger partial charge in [-0.25, -0.2) is 0 Å². The van der Waals surface area contributed by atoms with Crippen molar-refractivity contribution in [3.63, 3.8) is 0 Å². The molecule has 1 fully saturated rings. The van der Waals surface area contributed by atoms with Gasteiger partial charge in [-0.05, 0) is 36.1 Å². The molecule has 2 aromatic rings. The van der Waals surface area contributed by atoms with Crippen molar-refractivity contribution in [2.24, 2.45) is 9.98 Å². The Morgan fingerprint density at radius 2 is 0.976 bits per heavy atom. The van der Waals surface area contributed by atoms with Gasteiger partial charge in [0.2, 0.25) is 0 Å². The summed E-state index contributed by atoms with van der Waals surface area (Å²) in [5, 5.41) is 68.8. The molecule has 18 nitrogen and oxygen atoms in total. The van der Waals surface area contributed by atoms with Gasteiger partial charge in [0.05, 0.1) is 41.6 Å². The van der Waals surface area contributed by atoms with Crippen LogP contribution in [0.4, 0.5) is 0 Å². The van der Waals surface area contributed by atoms with E-state index in [0.717, 1.165) is 25.7 Å². The number of methoxy groups -OCH3 is 2. The van der Waals surface area contributed by atoms with Gasteiger partial charge in [0.25, 0.3) is 0 Å². The Morgan fingerprint density at radius 3 is 1.24 bits per heavy atom. The first kappa shape index (κ1) is 42.8. The average molecular weight is 805 g/mol. The SMILES string of the molecule is COc1cccc(C=N[C@@H]2CCCC[C@H]2N=Cc2cccc(OC)c2[O-])c1[O-].O=[N+]([O-])[O-].O=[N+]([O-])[O-].O=[N+]([O-])[O-].[Cu+2].[Lu+3]. The molecular weight excluding hydrogens is 781 g/mol. The fourth-order valence-electron chi connectivity index (χ4n) is 3.38. The van der Waals surface area contributed by atoms with Gasteiger partial charge < -0.3 is 65.7 Å².